The van der Waals surface area contributed by atoms with E-state index in [9.17, 15) is 14.7 Å². The maximum atomic E-state index is 11.0. The molecule has 1 aromatic carbocycles. The van der Waals surface area contributed by atoms with Crippen molar-refractivity contribution >= 4 is 17.4 Å². The molecule has 0 aliphatic carbocycles. The van der Waals surface area contributed by atoms with E-state index in [-0.39, 0.29) is 16.8 Å². The van der Waals surface area contributed by atoms with Crippen LogP contribution >= 0.6 is 0 Å². The van der Waals surface area contributed by atoms with E-state index >= 15 is 0 Å². The average molecular weight is 195 g/mol. The fraction of sp³-hybridized carbons (Fsp3) is 0.111. The number of hydrogen-bond acceptors (Lipinski definition) is 4. The lowest BCUT2D eigenvalue weighted by Crippen LogP contribution is -2.03. The molecule has 4 N–H and O–H groups in total. The van der Waals surface area contributed by atoms with Crippen LogP contribution in [0, 0.1) is 0 Å². The Morgan fingerprint density at radius 3 is 2.21 bits per heavy atom. The van der Waals surface area contributed by atoms with Gasteiger partial charge in [-0.1, -0.05) is 0 Å². The number of benzene rings is 1. The number of carbonyl (C=O) groups excluding carboxylic acids is 1. The Morgan fingerprint density at radius 1 is 1.29 bits per heavy atom. The molecule has 1 aromatic rings. The molecule has 1 rings (SSSR count). The summed E-state index contributed by atoms with van der Waals surface area (Å²) in [5.41, 5.74) is 5.06. The lowest BCUT2D eigenvalue weighted by molar-refractivity contribution is 0.0694. The van der Waals surface area contributed by atoms with E-state index in [1.165, 1.54) is 13.0 Å². The summed E-state index contributed by atoms with van der Waals surface area (Å²) in [6.07, 6.45) is 0. The summed E-state index contributed by atoms with van der Waals surface area (Å²) < 4.78 is 0. The molecule has 0 aliphatic heterocycles. The molecular formula is C9H9NO4. The first-order chi connectivity index (χ1) is 6.43. The molecule has 0 aliphatic rings. The predicted octanol–water partition coefficient (Wildman–Crippen LogP) is 0.875. The molecule has 0 heterocycles. The third-order valence-corrected chi connectivity index (χ3v) is 1.74. The molecule has 0 atom stereocenters. The normalized spacial score (nSPS) is 9.79. The SMILES string of the molecule is CC(=O)c1cc(N)cc(C(=O)O)c1O. The minimum atomic E-state index is -1.32. The summed E-state index contributed by atoms with van der Waals surface area (Å²) in [5.74, 6) is -2.30. The number of carbonyl (C=O) groups is 2. The van der Waals surface area contributed by atoms with E-state index < -0.39 is 17.5 Å². The van der Waals surface area contributed by atoms with Gasteiger partial charge in [-0.15, -0.1) is 0 Å². The molecule has 0 bridgehead atoms. The quantitative estimate of drug-likeness (QED) is 0.369. The van der Waals surface area contributed by atoms with E-state index in [2.05, 4.69) is 0 Å². The van der Waals surface area contributed by atoms with E-state index in [4.69, 9.17) is 10.8 Å². The van der Waals surface area contributed by atoms with Gasteiger partial charge in [0.1, 0.15) is 11.3 Å². The summed E-state index contributed by atoms with van der Waals surface area (Å²) in [5, 5.41) is 18.1. The van der Waals surface area contributed by atoms with Gasteiger partial charge in [0.05, 0.1) is 5.56 Å². The fourth-order valence-electron chi connectivity index (χ4n) is 1.09. The minimum Gasteiger partial charge on any atom is -0.506 e. The van der Waals surface area contributed by atoms with Crippen LogP contribution in [-0.4, -0.2) is 22.0 Å². The largest absolute Gasteiger partial charge is 0.506 e. The highest BCUT2D eigenvalue weighted by atomic mass is 16.4. The highest BCUT2D eigenvalue weighted by molar-refractivity contribution is 6.02. The van der Waals surface area contributed by atoms with Crippen molar-refractivity contribution in [3.63, 3.8) is 0 Å². The average Bonchev–Trinajstić information content (AvgIpc) is 2.07. The summed E-state index contributed by atoms with van der Waals surface area (Å²) in [6.45, 7) is 1.22. The number of Topliss-reactive ketones (excluding diaryl/α,β-unsaturated/α-hetero) is 1. The van der Waals surface area contributed by atoms with Crippen LogP contribution in [0.1, 0.15) is 27.6 Å². The molecule has 0 saturated carbocycles. The number of ketones is 1. The molecule has 0 fully saturated rings. The highest BCUT2D eigenvalue weighted by Crippen LogP contribution is 2.26. The topological polar surface area (TPSA) is 101 Å². The van der Waals surface area contributed by atoms with Crippen molar-refractivity contribution in [1.29, 1.82) is 0 Å². The van der Waals surface area contributed by atoms with Crippen molar-refractivity contribution in [1.82, 2.24) is 0 Å². The number of nitrogen functional groups attached to an aromatic ring is 1. The first-order valence-electron chi connectivity index (χ1n) is 3.80. The maximum Gasteiger partial charge on any atom is 0.339 e. The molecule has 0 unspecified atom stereocenters. The second-order valence-corrected chi connectivity index (χ2v) is 2.83. The van der Waals surface area contributed by atoms with E-state index in [1.54, 1.807) is 0 Å². The fourth-order valence-corrected chi connectivity index (χ4v) is 1.09. The van der Waals surface area contributed by atoms with Crippen molar-refractivity contribution in [2.24, 2.45) is 0 Å². The van der Waals surface area contributed by atoms with Gasteiger partial charge in [0, 0.05) is 5.69 Å². The second kappa shape index (κ2) is 3.37. The van der Waals surface area contributed by atoms with Gasteiger partial charge in [0.2, 0.25) is 0 Å². The number of rotatable bonds is 2. The smallest absolute Gasteiger partial charge is 0.339 e. The van der Waals surface area contributed by atoms with E-state index in [0.717, 1.165) is 6.07 Å². The number of nitrogens with two attached hydrogens (primary N) is 1. The molecular weight excluding hydrogens is 186 g/mol. The molecule has 0 aromatic heterocycles. The molecule has 0 saturated heterocycles. The van der Waals surface area contributed by atoms with Crippen LogP contribution < -0.4 is 5.73 Å². The van der Waals surface area contributed by atoms with Crippen LogP contribution in [0.15, 0.2) is 12.1 Å². The molecule has 5 heteroatoms. The Bertz CT molecular complexity index is 376. The van der Waals surface area contributed by atoms with Crippen molar-refractivity contribution in [3.8, 4) is 5.75 Å². The molecule has 0 radical (unpaired) electrons. The van der Waals surface area contributed by atoms with Crippen molar-refractivity contribution in [2.75, 3.05) is 5.73 Å². The van der Waals surface area contributed by atoms with Gasteiger partial charge < -0.3 is 15.9 Å². The Labute approximate surface area is 79.8 Å². The number of anilines is 1. The van der Waals surface area contributed by atoms with Crippen LogP contribution in [0.25, 0.3) is 0 Å². The minimum absolute atomic E-state index is 0.0811. The maximum absolute atomic E-state index is 11.0. The standard InChI is InChI=1S/C9H9NO4/c1-4(11)6-2-5(10)3-7(8(6)12)9(13)14/h2-3,12H,10H2,1H3,(H,13,14). The Morgan fingerprint density at radius 2 is 1.79 bits per heavy atom. The van der Waals surface area contributed by atoms with Gasteiger partial charge in [-0.2, -0.15) is 0 Å². The lowest BCUT2D eigenvalue weighted by Gasteiger charge is -2.05. The Balaban J connectivity index is 3.47. The summed E-state index contributed by atoms with van der Waals surface area (Å²) in [4.78, 5) is 21.6. The number of carboxylic acids is 1. The van der Waals surface area contributed by atoms with Crippen LogP contribution in [0.4, 0.5) is 5.69 Å². The van der Waals surface area contributed by atoms with Crippen molar-refractivity contribution < 1.29 is 19.8 Å². The van der Waals surface area contributed by atoms with Gasteiger partial charge >= 0.3 is 5.97 Å². The van der Waals surface area contributed by atoms with Crippen molar-refractivity contribution in [3.05, 3.63) is 23.3 Å². The van der Waals surface area contributed by atoms with Gasteiger partial charge in [-0.25, -0.2) is 4.79 Å². The number of aromatic hydroxyl groups is 1. The molecule has 14 heavy (non-hydrogen) atoms. The van der Waals surface area contributed by atoms with Gasteiger partial charge in [0.15, 0.2) is 5.78 Å². The van der Waals surface area contributed by atoms with Crippen LogP contribution in [0.3, 0.4) is 0 Å². The third kappa shape index (κ3) is 1.66. The third-order valence-electron chi connectivity index (χ3n) is 1.74. The van der Waals surface area contributed by atoms with Gasteiger partial charge in [0.25, 0.3) is 0 Å². The zero-order chi connectivity index (χ0) is 10.9. The number of aromatic carboxylic acids is 1. The van der Waals surface area contributed by atoms with E-state index in [1.807, 2.05) is 0 Å². The summed E-state index contributed by atoms with van der Waals surface area (Å²) in [7, 11) is 0. The number of hydrogen-bond donors (Lipinski definition) is 3. The summed E-state index contributed by atoms with van der Waals surface area (Å²) >= 11 is 0. The van der Waals surface area contributed by atoms with Crippen LogP contribution in [0.2, 0.25) is 0 Å². The molecule has 5 nitrogen and oxygen atoms in total. The van der Waals surface area contributed by atoms with Crippen molar-refractivity contribution in [2.45, 2.75) is 6.92 Å². The molecule has 0 spiro atoms. The number of carboxylic acid groups (broad SMARTS) is 1. The zero-order valence-corrected chi connectivity index (χ0v) is 7.44. The second-order valence-electron chi connectivity index (χ2n) is 2.83. The Kier molecular flexibility index (Phi) is 2.42. The number of phenols is 1. The van der Waals surface area contributed by atoms with Crippen LogP contribution in [-0.2, 0) is 0 Å². The Hall–Kier alpha value is -2.04. The van der Waals surface area contributed by atoms with Crippen LogP contribution in [0.5, 0.6) is 5.75 Å². The predicted molar refractivity (Wildman–Crippen MR) is 49.5 cm³/mol. The lowest BCUT2D eigenvalue weighted by atomic mass is 10.0. The highest BCUT2D eigenvalue weighted by Gasteiger charge is 2.16. The first kappa shape index (κ1) is 10.0. The van der Waals surface area contributed by atoms with Gasteiger partial charge in [-0.05, 0) is 19.1 Å². The molecule has 0 amide bonds. The van der Waals surface area contributed by atoms with Gasteiger partial charge in [-0.3, -0.25) is 4.79 Å². The molecule has 74 valence electrons. The monoisotopic (exact) mass is 195 g/mol. The van der Waals surface area contributed by atoms with E-state index in [0.29, 0.717) is 0 Å². The first-order valence-corrected chi connectivity index (χ1v) is 3.80. The zero-order valence-electron chi connectivity index (χ0n) is 7.44. The summed E-state index contributed by atoms with van der Waals surface area (Å²) in [6, 6.07) is 2.34.